The number of benzene rings is 2. The Labute approximate surface area is 268 Å². The number of carbonyl (C=O) groups excluding carboxylic acids is 5. The van der Waals surface area contributed by atoms with Gasteiger partial charge in [0, 0.05) is 24.2 Å². The van der Waals surface area contributed by atoms with Gasteiger partial charge in [-0.05, 0) is 49.1 Å². The smallest absolute Gasteiger partial charge is 0.287 e. The van der Waals surface area contributed by atoms with Gasteiger partial charge < -0.3 is 27.0 Å². The summed E-state index contributed by atoms with van der Waals surface area (Å²) >= 11 is 0. The summed E-state index contributed by atoms with van der Waals surface area (Å²) in [4.78, 5) is 58.9. The zero-order valence-electron chi connectivity index (χ0n) is 27.3. The van der Waals surface area contributed by atoms with Crippen molar-refractivity contribution in [3.63, 3.8) is 0 Å². The number of ketones is 1. The zero-order valence-corrected chi connectivity index (χ0v) is 27.3. The van der Waals surface area contributed by atoms with E-state index in [-0.39, 0.29) is 30.4 Å². The third kappa shape index (κ3) is 11.9. The van der Waals surface area contributed by atoms with E-state index >= 15 is 0 Å². The van der Waals surface area contributed by atoms with Crippen molar-refractivity contribution in [2.75, 3.05) is 13.1 Å². The third-order valence-corrected chi connectivity index (χ3v) is 8.50. The van der Waals surface area contributed by atoms with Crippen LogP contribution in [0.1, 0.15) is 108 Å². The number of primary amides is 1. The molecule has 0 bridgehead atoms. The van der Waals surface area contributed by atoms with Crippen molar-refractivity contribution in [2.24, 2.45) is 11.5 Å². The fraction of sp³-hybridized carbons (Fsp3) is 0.571. The number of hydrogen-bond donors (Lipinski definition) is 4. The standard InChI is InChI=1S/C18H21N3O2.C9H14N2O3.C8H18/c1-12-8-16(19)11-21(12)17(22)10-20-18(23)15-7-6-13-4-2-3-5-14(13)9-15;10-8(14)7(13)9(11-6-12)4-2-1-3-5-9;1-3-5-7-8-6-4-2/h2-7,9,12,16H,8,10-11,19H2,1H3,(H,20,23);6H,1-5H2,(H2,10,14)(H,11,12);3-8H2,1-2H3. The van der Waals surface area contributed by atoms with Crippen molar-refractivity contribution >= 4 is 40.7 Å². The van der Waals surface area contributed by atoms with Gasteiger partial charge in [-0.2, -0.15) is 0 Å². The Morgan fingerprint density at radius 3 is 2.09 bits per heavy atom. The van der Waals surface area contributed by atoms with Gasteiger partial charge in [-0.1, -0.05) is 102 Å². The number of amides is 4. The number of unbranched alkanes of at least 4 members (excludes halogenated alkanes) is 5. The monoisotopic (exact) mass is 623 g/mol. The van der Waals surface area contributed by atoms with Crippen LogP contribution in [0.4, 0.5) is 0 Å². The van der Waals surface area contributed by atoms with Crippen molar-refractivity contribution in [1.82, 2.24) is 15.5 Å². The van der Waals surface area contributed by atoms with Crippen LogP contribution in [-0.2, 0) is 19.2 Å². The SMILES string of the molecule is CC1CC(N)CN1C(=O)CNC(=O)c1ccc2ccccc2c1.CCCCCCCC.NC(=O)C(=O)C1(NC=O)CCCCC1. The Balaban J connectivity index is 0.000000272. The van der Waals surface area contributed by atoms with E-state index in [1.807, 2.05) is 43.3 Å². The first-order valence-corrected chi connectivity index (χ1v) is 16.5. The van der Waals surface area contributed by atoms with E-state index in [4.69, 9.17) is 11.5 Å². The molecule has 0 spiro atoms. The second-order valence-electron chi connectivity index (χ2n) is 12.1. The van der Waals surface area contributed by atoms with E-state index in [2.05, 4.69) is 24.5 Å². The molecule has 6 N–H and O–H groups in total. The minimum Gasteiger partial charge on any atom is -0.363 e. The number of Topliss-reactive ketones (excluding diaryl/α,β-unsaturated/α-hetero) is 1. The predicted molar refractivity (Wildman–Crippen MR) is 178 cm³/mol. The minimum absolute atomic E-state index is 0.00270. The fourth-order valence-corrected chi connectivity index (χ4v) is 5.90. The van der Waals surface area contributed by atoms with Gasteiger partial charge in [0.15, 0.2) is 0 Å². The van der Waals surface area contributed by atoms with Gasteiger partial charge in [-0.25, -0.2) is 0 Å². The Bertz CT molecular complexity index is 1250. The lowest BCUT2D eigenvalue weighted by molar-refractivity contribution is -0.141. The Kier molecular flexibility index (Phi) is 16.3. The van der Waals surface area contributed by atoms with Gasteiger partial charge in [-0.15, -0.1) is 0 Å². The predicted octanol–water partition coefficient (Wildman–Crippen LogP) is 4.37. The van der Waals surface area contributed by atoms with Crippen molar-refractivity contribution in [2.45, 2.75) is 115 Å². The Morgan fingerprint density at radius 2 is 1.56 bits per heavy atom. The first kappa shape index (κ1) is 37.4. The molecule has 2 unspecified atom stereocenters. The molecule has 1 heterocycles. The molecular formula is C35H53N5O5. The van der Waals surface area contributed by atoms with Gasteiger partial charge in [-0.3, -0.25) is 24.0 Å². The molecule has 4 rings (SSSR count). The Morgan fingerprint density at radius 1 is 0.933 bits per heavy atom. The average Bonchev–Trinajstić information content (AvgIpc) is 3.39. The molecule has 10 heteroatoms. The highest BCUT2D eigenvalue weighted by Crippen LogP contribution is 2.28. The third-order valence-electron chi connectivity index (χ3n) is 8.50. The van der Waals surface area contributed by atoms with E-state index in [9.17, 15) is 24.0 Å². The highest BCUT2D eigenvalue weighted by atomic mass is 16.2. The molecule has 2 aromatic carbocycles. The molecule has 1 saturated heterocycles. The van der Waals surface area contributed by atoms with Crippen LogP contribution >= 0.6 is 0 Å². The van der Waals surface area contributed by atoms with E-state index in [1.165, 1.54) is 38.5 Å². The topological polar surface area (TPSA) is 165 Å². The van der Waals surface area contributed by atoms with Gasteiger partial charge in [0.05, 0.1) is 6.54 Å². The van der Waals surface area contributed by atoms with Crippen LogP contribution in [0.2, 0.25) is 0 Å². The number of carbonyl (C=O) groups is 5. The van der Waals surface area contributed by atoms with Gasteiger partial charge in [0.25, 0.3) is 11.8 Å². The second kappa shape index (κ2) is 19.6. The molecule has 1 aliphatic carbocycles. The fourth-order valence-electron chi connectivity index (χ4n) is 5.90. The quantitative estimate of drug-likeness (QED) is 0.156. The van der Waals surface area contributed by atoms with Crippen molar-refractivity contribution in [3.8, 4) is 0 Å². The molecule has 2 atom stereocenters. The van der Waals surface area contributed by atoms with E-state index in [1.54, 1.807) is 11.0 Å². The second-order valence-corrected chi connectivity index (χ2v) is 12.1. The van der Waals surface area contributed by atoms with Crippen molar-refractivity contribution < 1.29 is 24.0 Å². The summed E-state index contributed by atoms with van der Waals surface area (Å²) in [7, 11) is 0. The molecule has 2 fully saturated rings. The number of nitrogens with zero attached hydrogens (tertiary/aromatic N) is 1. The number of rotatable bonds is 12. The number of nitrogens with two attached hydrogens (primary N) is 2. The highest BCUT2D eigenvalue weighted by Gasteiger charge is 2.41. The van der Waals surface area contributed by atoms with Crippen LogP contribution in [0.25, 0.3) is 10.8 Å². The number of hydrogen-bond acceptors (Lipinski definition) is 6. The summed E-state index contributed by atoms with van der Waals surface area (Å²) in [6.45, 7) is 7.06. The maximum absolute atomic E-state index is 12.2. The first-order chi connectivity index (χ1) is 21.6. The summed E-state index contributed by atoms with van der Waals surface area (Å²) in [6.07, 6.45) is 13.5. The maximum Gasteiger partial charge on any atom is 0.287 e. The molecular weight excluding hydrogens is 570 g/mol. The summed E-state index contributed by atoms with van der Waals surface area (Å²) in [5, 5.41) is 7.24. The Hall–Kier alpha value is -3.79. The molecule has 2 aromatic rings. The van der Waals surface area contributed by atoms with Gasteiger partial charge in [0.1, 0.15) is 5.54 Å². The lowest BCUT2D eigenvalue weighted by atomic mass is 9.78. The van der Waals surface area contributed by atoms with Crippen LogP contribution < -0.4 is 22.1 Å². The number of nitrogens with one attached hydrogen (secondary N) is 2. The zero-order chi connectivity index (χ0) is 33.2. The summed E-state index contributed by atoms with van der Waals surface area (Å²) in [5.41, 5.74) is 10.3. The van der Waals surface area contributed by atoms with Gasteiger partial charge in [0.2, 0.25) is 18.1 Å². The average molecular weight is 624 g/mol. The molecule has 248 valence electrons. The molecule has 2 aliphatic rings. The molecule has 1 saturated carbocycles. The van der Waals surface area contributed by atoms with Crippen LogP contribution in [0, 0.1) is 0 Å². The number of likely N-dealkylation sites (tertiary alicyclic amines) is 1. The summed E-state index contributed by atoms with van der Waals surface area (Å²) < 4.78 is 0. The number of fused-ring (bicyclic) bond motifs is 1. The molecule has 1 aliphatic heterocycles. The largest absolute Gasteiger partial charge is 0.363 e. The van der Waals surface area contributed by atoms with Crippen LogP contribution in [-0.4, -0.2) is 65.5 Å². The van der Waals surface area contributed by atoms with E-state index in [0.29, 0.717) is 31.4 Å². The van der Waals surface area contributed by atoms with Crippen LogP contribution in [0.5, 0.6) is 0 Å². The maximum atomic E-state index is 12.2. The van der Waals surface area contributed by atoms with E-state index in [0.717, 1.165) is 36.5 Å². The van der Waals surface area contributed by atoms with Crippen molar-refractivity contribution in [1.29, 1.82) is 0 Å². The van der Waals surface area contributed by atoms with Gasteiger partial charge >= 0.3 is 0 Å². The lowest BCUT2D eigenvalue weighted by Gasteiger charge is -2.33. The lowest BCUT2D eigenvalue weighted by Crippen LogP contribution is -2.56. The molecule has 10 nitrogen and oxygen atoms in total. The highest BCUT2D eigenvalue weighted by molar-refractivity contribution is 6.39. The molecule has 0 radical (unpaired) electrons. The van der Waals surface area contributed by atoms with Crippen LogP contribution in [0.15, 0.2) is 42.5 Å². The minimum atomic E-state index is -1.02. The van der Waals surface area contributed by atoms with E-state index < -0.39 is 17.2 Å². The molecule has 45 heavy (non-hydrogen) atoms. The summed E-state index contributed by atoms with van der Waals surface area (Å²) in [5.74, 6) is -1.97. The molecule has 0 aromatic heterocycles. The van der Waals surface area contributed by atoms with Crippen molar-refractivity contribution in [3.05, 3.63) is 48.0 Å². The van der Waals surface area contributed by atoms with Crippen LogP contribution in [0.3, 0.4) is 0 Å². The molecule has 4 amide bonds. The first-order valence-electron chi connectivity index (χ1n) is 16.5. The normalized spacial score (nSPS) is 18.4. The summed E-state index contributed by atoms with van der Waals surface area (Å²) in [6, 6.07) is 13.5.